The van der Waals surface area contributed by atoms with Crippen LogP contribution in [-0.4, -0.2) is 16.3 Å². The third kappa shape index (κ3) is 3.14. The van der Waals surface area contributed by atoms with E-state index in [1.54, 1.807) is 0 Å². The Morgan fingerprint density at radius 1 is 1.29 bits per heavy atom. The van der Waals surface area contributed by atoms with Crippen molar-refractivity contribution in [2.45, 2.75) is 47.2 Å². The van der Waals surface area contributed by atoms with Crippen LogP contribution in [0.4, 0.5) is 0 Å². The van der Waals surface area contributed by atoms with Crippen LogP contribution in [0.1, 0.15) is 43.8 Å². The lowest BCUT2D eigenvalue weighted by Gasteiger charge is -2.15. The van der Waals surface area contributed by atoms with Crippen LogP contribution in [0.3, 0.4) is 0 Å². The third-order valence-electron chi connectivity index (χ3n) is 3.95. The average molecular weight is 306 g/mol. The SMILES string of the molecule is CCNC(C)c1ccc(-c2c(C)nn(CC)c2C)cc1Cl. The van der Waals surface area contributed by atoms with Gasteiger partial charge >= 0.3 is 0 Å². The smallest absolute Gasteiger partial charge is 0.0674 e. The summed E-state index contributed by atoms with van der Waals surface area (Å²) in [6.07, 6.45) is 0. The van der Waals surface area contributed by atoms with Gasteiger partial charge in [-0.15, -0.1) is 0 Å². The van der Waals surface area contributed by atoms with E-state index in [9.17, 15) is 0 Å². The van der Waals surface area contributed by atoms with E-state index >= 15 is 0 Å². The highest BCUT2D eigenvalue weighted by Gasteiger charge is 2.15. The van der Waals surface area contributed by atoms with Gasteiger partial charge in [0.2, 0.25) is 0 Å². The fraction of sp³-hybridized carbons (Fsp3) is 0.471. The van der Waals surface area contributed by atoms with Crippen LogP contribution in [0.2, 0.25) is 5.02 Å². The number of hydrogen-bond acceptors (Lipinski definition) is 2. The first-order valence-corrected chi connectivity index (χ1v) is 7.94. The third-order valence-corrected chi connectivity index (χ3v) is 4.27. The molecule has 1 N–H and O–H groups in total. The van der Waals surface area contributed by atoms with Crippen LogP contribution in [0.15, 0.2) is 18.2 Å². The van der Waals surface area contributed by atoms with Crippen LogP contribution in [-0.2, 0) is 6.54 Å². The van der Waals surface area contributed by atoms with Crippen molar-refractivity contribution < 1.29 is 0 Å². The quantitative estimate of drug-likeness (QED) is 0.880. The van der Waals surface area contributed by atoms with Crippen LogP contribution < -0.4 is 5.32 Å². The number of aromatic nitrogens is 2. The number of benzene rings is 1. The summed E-state index contributed by atoms with van der Waals surface area (Å²) in [7, 11) is 0. The Labute approximate surface area is 132 Å². The lowest BCUT2D eigenvalue weighted by atomic mass is 10.00. The van der Waals surface area contributed by atoms with E-state index in [-0.39, 0.29) is 6.04 Å². The van der Waals surface area contributed by atoms with Crippen molar-refractivity contribution in [3.05, 3.63) is 40.2 Å². The highest BCUT2D eigenvalue weighted by Crippen LogP contribution is 2.32. The number of nitrogens with zero attached hydrogens (tertiary/aromatic N) is 2. The fourth-order valence-electron chi connectivity index (χ4n) is 2.87. The summed E-state index contributed by atoms with van der Waals surface area (Å²) in [6.45, 7) is 12.3. The lowest BCUT2D eigenvalue weighted by Crippen LogP contribution is -2.17. The predicted octanol–water partition coefficient (Wildman–Crippen LogP) is 4.51. The van der Waals surface area contributed by atoms with Crippen molar-refractivity contribution in [1.29, 1.82) is 0 Å². The van der Waals surface area contributed by atoms with Crippen molar-refractivity contribution in [2.24, 2.45) is 0 Å². The molecule has 3 nitrogen and oxygen atoms in total. The number of aryl methyl sites for hydroxylation is 2. The number of hydrogen-bond donors (Lipinski definition) is 1. The van der Waals surface area contributed by atoms with Gasteiger partial charge in [-0.05, 0) is 51.4 Å². The maximum absolute atomic E-state index is 6.49. The first kappa shape index (κ1) is 16.1. The molecule has 0 spiro atoms. The van der Waals surface area contributed by atoms with Gasteiger partial charge in [0, 0.05) is 28.9 Å². The Hall–Kier alpha value is -1.32. The van der Waals surface area contributed by atoms with E-state index in [2.05, 4.69) is 63.2 Å². The summed E-state index contributed by atoms with van der Waals surface area (Å²) in [5.41, 5.74) is 5.72. The van der Waals surface area contributed by atoms with Crippen LogP contribution >= 0.6 is 11.6 Å². The molecule has 0 aliphatic rings. The van der Waals surface area contributed by atoms with E-state index in [1.807, 2.05) is 4.68 Å². The van der Waals surface area contributed by atoms with Crippen LogP contribution in [0, 0.1) is 13.8 Å². The van der Waals surface area contributed by atoms with Crippen molar-refractivity contribution in [1.82, 2.24) is 15.1 Å². The molecule has 21 heavy (non-hydrogen) atoms. The second-order valence-corrected chi connectivity index (χ2v) is 5.78. The summed E-state index contributed by atoms with van der Waals surface area (Å²) in [5, 5.41) is 8.79. The Balaban J connectivity index is 2.43. The van der Waals surface area contributed by atoms with Crippen molar-refractivity contribution >= 4 is 11.6 Å². The highest BCUT2D eigenvalue weighted by atomic mass is 35.5. The molecular formula is C17H24ClN3. The zero-order valence-corrected chi connectivity index (χ0v) is 14.3. The largest absolute Gasteiger partial charge is 0.310 e. The van der Waals surface area contributed by atoms with E-state index < -0.39 is 0 Å². The minimum absolute atomic E-state index is 0.261. The molecule has 0 aliphatic heterocycles. The molecule has 2 rings (SSSR count). The topological polar surface area (TPSA) is 29.9 Å². The van der Waals surface area contributed by atoms with Crippen molar-refractivity contribution in [3.8, 4) is 11.1 Å². The second-order valence-electron chi connectivity index (χ2n) is 5.38. The van der Waals surface area contributed by atoms with E-state index in [4.69, 9.17) is 11.6 Å². The van der Waals surface area contributed by atoms with Crippen molar-refractivity contribution in [2.75, 3.05) is 6.54 Å². The maximum atomic E-state index is 6.49. The van der Waals surface area contributed by atoms with Gasteiger partial charge in [0.15, 0.2) is 0 Å². The zero-order valence-electron chi connectivity index (χ0n) is 13.5. The molecule has 0 aliphatic carbocycles. The molecule has 0 radical (unpaired) electrons. The van der Waals surface area contributed by atoms with Crippen LogP contribution in [0.5, 0.6) is 0 Å². The average Bonchev–Trinajstić information content (AvgIpc) is 2.73. The predicted molar refractivity (Wildman–Crippen MR) is 89.9 cm³/mol. The van der Waals surface area contributed by atoms with Crippen molar-refractivity contribution in [3.63, 3.8) is 0 Å². The summed E-state index contributed by atoms with van der Waals surface area (Å²) < 4.78 is 2.04. The first-order chi connectivity index (χ1) is 9.99. The van der Waals surface area contributed by atoms with Gasteiger partial charge in [0.05, 0.1) is 5.69 Å². The molecule has 1 aromatic carbocycles. The minimum Gasteiger partial charge on any atom is -0.310 e. The Bertz CT molecular complexity index is 631. The van der Waals surface area contributed by atoms with Gasteiger partial charge in [-0.25, -0.2) is 0 Å². The van der Waals surface area contributed by atoms with Gasteiger partial charge in [0.25, 0.3) is 0 Å². The monoisotopic (exact) mass is 305 g/mol. The molecule has 1 aromatic heterocycles. The molecule has 1 heterocycles. The number of halogens is 1. The van der Waals surface area contributed by atoms with E-state index in [0.29, 0.717) is 0 Å². The second kappa shape index (κ2) is 6.63. The number of nitrogens with one attached hydrogen (secondary N) is 1. The van der Waals surface area contributed by atoms with Gasteiger partial charge in [-0.2, -0.15) is 5.10 Å². The first-order valence-electron chi connectivity index (χ1n) is 7.56. The summed E-state index contributed by atoms with van der Waals surface area (Å²) >= 11 is 6.49. The summed E-state index contributed by atoms with van der Waals surface area (Å²) in [5.74, 6) is 0. The Morgan fingerprint density at radius 3 is 2.52 bits per heavy atom. The Kier molecular flexibility index (Phi) is 5.07. The molecule has 1 atom stereocenters. The van der Waals surface area contributed by atoms with Gasteiger partial charge < -0.3 is 5.32 Å². The molecule has 114 valence electrons. The minimum atomic E-state index is 0.261. The molecule has 1 unspecified atom stereocenters. The van der Waals surface area contributed by atoms with E-state index in [0.717, 1.165) is 34.9 Å². The molecule has 0 saturated carbocycles. The van der Waals surface area contributed by atoms with Gasteiger partial charge in [-0.3, -0.25) is 4.68 Å². The summed E-state index contributed by atoms with van der Waals surface area (Å²) in [6, 6.07) is 6.58. The standard InChI is InChI=1S/C17H24ClN3/c1-6-19-11(3)15-9-8-14(10-16(15)18)17-12(4)20-21(7-2)13(17)5/h8-11,19H,6-7H2,1-5H3. The fourth-order valence-corrected chi connectivity index (χ4v) is 3.22. The Morgan fingerprint density at radius 2 is 2.00 bits per heavy atom. The molecular weight excluding hydrogens is 282 g/mol. The lowest BCUT2D eigenvalue weighted by molar-refractivity contribution is 0.598. The molecule has 0 fully saturated rings. The highest BCUT2D eigenvalue weighted by molar-refractivity contribution is 6.31. The van der Waals surface area contributed by atoms with Gasteiger partial charge in [0.1, 0.15) is 0 Å². The summed E-state index contributed by atoms with van der Waals surface area (Å²) in [4.78, 5) is 0. The number of rotatable bonds is 5. The molecule has 0 amide bonds. The van der Waals surface area contributed by atoms with Gasteiger partial charge in [-0.1, -0.05) is 30.7 Å². The molecule has 0 bridgehead atoms. The maximum Gasteiger partial charge on any atom is 0.0674 e. The molecule has 4 heteroatoms. The van der Waals surface area contributed by atoms with Crippen LogP contribution in [0.25, 0.3) is 11.1 Å². The zero-order chi connectivity index (χ0) is 15.6. The normalized spacial score (nSPS) is 12.7. The molecule has 2 aromatic rings. The van der Waals surface area contributed by atoms with E-state index in [1.165, 1.54) is 11.3 Å². The molecule has 0 saturated heterocycles.